The van der Waals surface area contributed by atoms with Crippen molar-refractivity contribution < 1.29 is 19.0 Å². The third-order valence-electron chi connectivity index (χ3n) is 5.97. The first-order valence-corrected chi connectivity index (χ1v) is 11.5. The van der Waals surface area contributed by atoms with Gasteiger partial charge in [-0.2, -0.15) is 15.3 Å². The molecule has 0 radical (unpaired) electrons. The summed E-state index contributed by atoms with van der Waals surface area (Å²) in [6, 6.07) is 7.29. The number of anilines is 3. The van der Waals surface area contributed by atoms with Gasteiger partial charge in [-0.25, -0.2) is 14.8 Å². The Morgan fingerprint density at radius 2 is 2.11 bits per heavy atom. The Labute approximate surface area is 212 Å². The minimum absolute atomic E-state index is 0.184. The van der Waals surface area contributed by atoms with Gasteiger partial charge in [0, 0.05) is 36.5 Å². The molecule has 0 saturated carbocycles. The number of aryl methyl sites for hydroxylation is 1. The van der Waals surface area contributed by atoms with Crippen molar-refractivity contribution in [3.8, 4) is 17.6 Å². The molecule has 37 heavy (non-hydrogen) atoms. The fourth-order valence-corrected chi connectivity index (χ4v) is 4.14. The number of amides is 1. The Morgan fingerprint density at radius 3 is 2.89 bits per heavy atom. The Morgan fingerprint density at radius 1 is 1.27 bits per heavy atom. The van der Waals surface area contributed by atoms with E-state index in [-0.39, 0.29) is 22.5 Å². The van der Waals surface area contributed by atoms with Gasteiger partial charge < -0.3 is 24.1 Å². The van der Waals surface area contributed by atoms with Gasteiger partial charge in [0.25, 0.3) is 0 Å². The number of carbonyl (C=O) groups excluding carboxylic acids is 1. The summed E-state index contributed by atoms with van der Waals surface area (Å²) >= 11 is 0. The molecule has 1 aliphatic rings. The monoisotopic (exact) mass is 503 g/mol. The number of hydrogen-bond donors (Lipinski definition) is 2. The standard InChI is InChI=1S/C24H25N9O4/c1-24(2)13-36-8-7-33-17(24)10-19(31-33)28-22-30-21-20(32(22)3)15(11-25)16(12-27-21)37-14-5-6-26-18(9-14)29-23(34)35-4/h5-6,9-10,12H,7-8,13H2,1-4H3,(H,26,29,34)(H,27,28,30,31). The molecule has 190 valence electrons. The molecule has 5 rings (SSSR count). The lowest BCUT2D eigenvalue weighted by Crippen LogP contribution is -2.24. The first-order valence-electron chi connectivity index (χ1n) is 11.5. The second kappa shape index (κ2) is 9.40. The largest absolute Gasteiger partial charge is 0.454 e. The fourth-order valence-electron chi connectivity index (χ4n) is 4.14. The minimum Gasteiger partial charge on any atom is -0.454 e. The number of carbonyl (C=O) groups is 1. The molecule has 2 N–H and O–H groups in total. The number of nitrogens with one attached hydrogen (secondary N) is 2. The SMILES string of the molecule is COC(=O)Nc1cc(Oc2cnc3nc(Nc4cc5n(n4)CCOCC5(C)C)n(C)c3c2C#N)ccn1. The molecule has 4 aromatic rings. The summed E-state index contributed by atoms with van der Waals surface area (Å²) in [6.07, 6.45) is 2.24. The molecule has 0 atom stereocenters. The zero-order valence-corrected chi connectivity index (χ0v) is 20.8. The molecule has 0 fully saturated rings. The zero-order chi connectivity index (χ0) is 26.2. The van der Waals surface area contributed by atoms with Crippen LogP contribution in [-0.4, -0.2) is 55.7 Å². The van der Waals surface area contributed by atoms with E-state index in [4.69, 9.17) is 9.47 Å². The lowest BCUT2D eigenvalue weighted by molar-refractivity contribution is 0.103. The number of hydrogen-bond acceptors (Lipinski definition) is 10. The van der Waals surface area contributed by atoms with Gasteiger partial charge in [0.2, 0.25) is 5.95 Å². The Balaban J connectivity index is 1.45. The molecule has 0 aliphatic carbocycles. The van der Waals surface area contributed by atoms with E-state index < -0.39 is 6.09 Å². The van der Waals surface area contributed by atoms with Crippen LogP contribution in [0.4, 0.5) is 22.4 Å². The zero-order valence-electron chi connectivity index (χ0n) is 20.8. The molecule has 0 saturated heterocycles. The van der Waals surface area contributed by atoms with Crippen LogP contribution in [0.1, 0.15) is 25.1 Å². The highest BCUT2D eigenvalue weighted by Gasteiger charge is 2.29. The molecule has 0 bridgehead atoms. The maximum Gasteiger partial charge on any atom is 0.412 e. The highest BCUT2D eigenvalue weighted by Crippen LogP contribution is 2.33. The number of aromatic nitrogens is 6. The number of rotatable bonds is 5. The molecule has 0 aromatic carbocycles. The minimum atomic E-state index is -0.661. The third kappa shape index (κ3) is 4.62. The lowest BCUT2D eigenvalue weighted by Gasteiger charge is -2.21. The predicted molar refractivity (Wildman–Crippen MR) is 133 cm³/mol. The van der Waals surface area contributed by atoms with Crippen molar-refractivity contribution in [2.75, 3.05) is 31.0 Å². The van der Waals surface area contributed by atoms with Crippen molar-refractivity contribution in [2.24, 2.45) is 7.05 Å². The highest BCUT2D eigenvalue weighted by atomic mass is 16.5. The van der Waals surface area contributed by atoms with E-state index in [2.05, 4.69) is 55.3 Å². The Kier molecular flexibility index (Phi) is 6.10. The lowest BCUT2D eigenvalue weighted by atomic mass is 9.90. The first-order chi connectivity index (χ1) is 17.8. The van der Waals surface area contributed by atoms with Gasteiger partial charge in [-0.05, 0) is 6.07 Å². The highest BCUT2D eigenvalue weighted by molar-refractivity contribution is 5.85. The molecule has 1 amide bonds. The van der Waals surface area contributed by atoms with Crippen LogP contribution >= 0.6 is 0 Å². The van der Waals surface area contributed by atoms with Crippen molar-refractivity contribution in [2.45, 2.75) is 25.8 Å². The summed E-state index contributed by atoms with van der Waals surface area (Å²) in [4.78, 5) is 24.5. The van der Waals surface area contributed by atoms with E-state index in [1.165, 1.54) is 25.6 Å². The van der Waals surface area contributed by atoms with Gasteiger partial charge in [-0.1, -0.05) is 13.8 Å². The number of ether oxygens (including phenoxy) is 3. The van der Waals surface area contributed by atoms with E-state index in [0.717, 1.165) is 5.69 Å². The number of nitriles is 1. The summed E-state index contributed by atoms with van der Waals surface area (Å²) in [7, 11) is 3.04. The van der Waals surface area contributed by atoms with Gasteiger partial charge in [0.15, 0.2) is 17.2 Å². The second-order valence-corrected chi connectivity index (χ2v) is 9.07. The molecular weight excluding hydrogens is 478 g/mol. The molecular formula is C24H25N9O4. The maximum absolute atomic E-state index is 11.5. The molecule has 5 heterocycles. The quantitative estimate of drug-likeness (QED) is 0.414. The van der Waals surface area contributed by atoms with E-state index in [9.17, 15) is 10.1 Å². The first kappa shape index (κ1) is 24.0. The second-order valence-electron chi connectivity index (χ2n) is 9.07. The number of pyridine rings is 2. The molecule has 0 unspecified atom stereocenters. The average molecular weight is 504 g/mol. The van der Waals surface area contributed by atoms with Gasteiger partial charge in [-0.3, -0.25) is 10.00 Å². The van der Waals surface area contributed by atoms with Crippen molar-refractivity contribution in [1.82, 2.24) is 29.3 Å². The normalized spacial score (nSPS) is 14.4. The average Bonchev–Trinajstić information content (AvgIpc) is 3.39. The third-order valence-corrected chi connectivity index (χ3v) is 5.97. The maximum atomic E-state index is 11.5. The van der Waals surface area contributed by atoms with Crippen LogP contribution in [0.15, 0.2) is 30.6 Å². The van der Waals surface area contributed by atoms with E-state index >= 15 is 0 Å². The van der Waals surface area contributed by atoms with Gasteiger partial charge >= 0.3 is 6.09 Å². The van der Waals surface area contributed by atoms with Crippen molar-refractivity contribution in [3.63, 3.8) is 0 Å². The number of fused-ring (bicyclic) bond motifs is 2. The molecule has 13 heteroatoms. The summed E-state index contributed by atoms with van der Waals surface area (Å²) in [5.41, 5.74) is 2.02. The van der Waals surface area contributed by atoms with E-state index in [1.807, 2.05) is 10.7 Å². The topological polar surface area (TPSA) is 154 Å². The van der Waals surface area contributed by atoms with Gasteiger partial charge in [0.1, 0.15) is 28.7 Å². The van der Waals surface area contributed by atoms with Crippen LogP contribution in [0, 0.1) is 11.3 Å². The van der Waals surface area contributed by atoms with Crippen LogP contribution in [0.3, 0.4) is 0 Å². The van der Waals surface area contributed by atoms with Gasteiger partial charge in [-0.15, -0.1) is 0 Å². The molecule has 4 aromatic heterocycles. The van der Waals surface area contributed by atoms with E-state index in [1.54, 1.807) is 17.7 Å². The Bertz CT molecular complexity index is 1530. The van der Waals surface area contributed by atoms with Crippen molar-refractivity contribution >= 4 is 34.8 Å². The summed E-state index contributed by atoms with van der Waals surface area (Å²) in [6.45, 7) is 6.11. The molecule has 13 nitrogen and oxygen atoms in total. The van der Waals surface area contributed by atoms with Crippen LogP contribution in [0.5, 0.6) is 11.5 Å². The van der Waals surface area contributed by atoms with Crippen molar-refractivity contribution in [1.29, 1.82) is 5.26 Å². The summed E-state index contributed by atoms with van der Waals surface area (Å²) in [5, 5.41) is 20.4. The smallest absolute Gasteiger partial charge is 0.412 e. The van der Waals surface area contributed by atoms with Crippen LogP contribution in [0.2, 0.25) is 0 Å². The summed E-state index contributed by atoms with van der Waals surface area (Å²) < 4.78 is 19.9. The van der Waals surface area contributed by atoms with Gasteiger partial charge in [0.05, 0.1) is 33.1 Å². The predicted octanol–water partition coefficient (Wildman–Crippen LogP) is 3.45. The Hall–Kier alpha value is -4.70. The fraction of sp³-hybridized carbons (Fsp3) is 0.333. The number of nitrogens with zero attached hydrogens (tertiary/aromatic N) is 7. The molecule has 0 spiro atoms. The molecule has 1 aliphatic heterocycles. The van der Waals surface area contributed by atoms with Crippen LogP contribution in [-0.2, 0) is 28.5 Å². The number of imidazole rings is 1. The van der Waals surface area contributed by atoms with Crippen LogP contribution < -0.4 is 15.4 Å². The number of methoxy groups -OCH3 is 1. The van der Waals surface area contributed by atoms with Crippen molar-refractivity contribution in [3.05, 3.63) is 41.9 Å². The van der Waals surface area contributed by atoms with Crippen LogP contribution in [0.25, 0.3) is 11.2 Å². The van der Waals surface area contributed by atoms with E-state index in [0.29, 0.717) is 48.4 Å². The summed E-state index contributed by atoms with van der Waals surface area (Å²) in [5.74, 6) is 1.94.